The molecule has 0 spiro atoms. The summed E-state index contributed by atoms with van der Waals surface area (Å²) in [5, 5.41) is 0. The van der Waals surface area contributed by atoms with Gasteiger partial charge in [-0.15, -0.1) is 0 Å². The molecule has 0 aromatic heterocycles. The van der Waals surface area contributed by atoms with Crippen LogP contribution in [-0.4, -0.2) is 48.5 Å². The number of hydrogen-bond donors (Lipinski definition) is 1. The Morgan fingerprint density at radius 3 is 2.33 bits per heavy atom. The van der Waals surface area contributed by atoms with Gasteiger partial charge in [0.05, 0.1) is 0 Å². The molecule has 0 radical (unpaired) electrons. The largest absolute Gasteiger partial charge is 0.444 e. The molecule has 1 fully saturated rings. The summed E-state index contributed by atoms with van der Waals surface area (Å²) in [6.45, 7) is 8.65. The van der Waals surface area contributed by atoms with Gasteiger partial charge in [0.2, 0.25) is 0 Å². The van der Waals surface area contributed by atoms with E-state index in [1.807, 2.05) is 32.9 Å². The molecule has 130 valence electrons. The molecule has 1 aliphatic heterocycles. The van der Waals surface area contributed by atoms with Gasteiger partial charge in [0.15, 0.2) is 0 Å². The van der Waals surface area contributed by atoms with Crippen LogP contribution in [0.3, 0.4) is 0 Å². The zero-order chi connectivity index (χ0) is 17.6. The minimum Gasteiger partial charge on any atom is -0.444 e. The Hall–Kier alpha value is -1.80. The van der Waals surface area contributed by atoms with Crippen molar-refractivity contribution in [1.82, 2.24) is 4.90 Å². The van der Waals surface area contributed by atoms with Crippen LogP contribution < -0.4 is 4.90 Å². The summed E-state index contributed by atoms with van der Waals surface area (Å²) < 4.78 is 5.43. The lowest BCUT2D eigenvalue weighted by atomic mass is 10.2. The Labute approximate surface area is 150 Å². The highest BCUT2D eigenvalue weighted by molar-refractivity contribution is 7.80. The van der Waals surface area contributed by atoms with Crippen LogP contribution in [0, 0.1) is 11.8 Å². The summed E-state index contributed by atoms with van der Waals surface area (Å²) in [6.07, 6.45) is 0.578. The van der Waals surface area contributed by atoms with Gasteiger partial charge < -0.3 is 14.5 Å². The summed E-state index contributed by atoms with van der Waals surface area (Å²) in [5.74, 6) is 7.01. The second-order valence-electron chi connectivity index (χ2n) is 6.78. The molecule has 1 saturated heterocycles. The number of ether oxygens (including phenoxy) is 1. The Morgan fingerprint density at radius 2 is 1.79 bits per heavy atom. The van der Waals surface area contributed by atoms with Gasteiger partial charge in [0.25, 0.3) is 0 Å². The molecule has 1 aromatic carbocycles. The molecular formula is C19H26N2O2S. The molecule has 4 nitrogen and oxygen atoms in total. The Bertz CT molecular complexity index is 603. The van der Waals surface area contributed by atoms with E-state index in [4.69, 9.17) is 4.74 Å². The summed E-state index contributed by atoms with van der Waals surface area (Å²) in [7, 11) is 0. The number of piperazine rings is 1. The summed E-state index contributed by atoms with van der Waals surface area (Å²) in [6, 6.07) is 8.27. The van der Waals surface area contributed by atoms with Crippen molar-refractivity contribution in [3.63, 3.8) is 0 Å². The van der Waals surface area contributed by atoms with E-state index in [1.165, 1.54) is 5.69 Å². The quantitative estimate of drug-likeness (QED) is 0.658. The number of benzene rings is 1. The number of nitrogens with zero attached hydrogens (tertiary/aromatic N) is 2. The maximum Gasteiger partial charge on any atom is 0.410 e. The van der Waals surface area contributed by atoms with E-state index in [0.29, 0.717) is 13.1 Å². The number of thiol groups is 1. The molecule has 0 atom stereocenters. The maximum atomic E-state index is 12.1. The van der Waals surface area contributed by atoms with E-state index in [0.717, 1.165) is 30.8 Å². The molecule has 0 saturated carbocycles. The highest BCUT2D eigenvalue weighted by Gasteiger charge is 2.25. The van der Waals surface area contributed by atoms with Crippen molar-refractivity contribution in [1.29, 1.82) is 0 Å². The van der Waals surface area contributed by atoms with E-state index in [-0.39, 0.29) is 6.09 Å². The van der Waals surface area contributed by atoms with Crippen molar-refractivity contribution in [2.45, 2.75) is 32.8 Å². The highest BCUT2D eigenvalue weighted by Crippen LogP contribution is 2.18. The monoisotopic (exact) mass is 346 g/mol. The van der Waals surface area contributed by atoms with Gasteiger partial charge in [0.1, 0.15) is 5.60 Å². The molecule has 1 amide bonds. The fraction of sp³-hybridized carbons (Fsp3) is 0.526. The molecule has 1 heterocycles. The molecule has 1 aliphatic rings. The van der Waals surface area contributed by atoms with Crippen LogP contribution in [0.25, 0.3) is 0 Å². The summed E-state index contributed by atoms with van der Waals surface area (Å²) >= 11 is 4.15. The van der Waals surface area contributed by atoms with Crippen molar-refractivity contribution < 1.29 is 9.53 Å². The first-order valence-corrected chi connectivity index (χ1v) is 8.95. The number of carbonyl (C=O) groups is 1. The second-order valence-corrected chi connectivity index (χ2v) is 7.22. The Kier molecular flexibility index (Phi) is 6.44. The van der Waals surface area contributed by atoms with Crippen molar-refractivity contribution in [2.75, 3.05) is 36.8 Å². The topological polar surface area (TPSA) is 32.8 Å². The summed E-state index contributed by atoms with van der Waals surface area (Å²) in [4.78, 5) is 16.2. The van der Waals surface area contributed by atoms with Crippen molar-refractivity contribution in [3.05, 3.63) is 29.8 Å². The van der Waals surface area contributed by atoms with Crippen LogP contribution in [-0.2, 0) is 4.74 Å². The highest BCUT2D eigenvalue weighted by atomic mass is 32.1. The molecule has 0 N–H and O–H groups in total. The molecule has 0 aliphatic carbocycles. The Morgan fingerprint density at radius 1 is 1.17 bits per heavy atom. The van der Waals surface area contributed by atoms with Gasteiger partial charge in [-0.1, -0.05) is 11.8 Å². The third-order valence-electron chi connectivity index (χ3n) is 3.63. The van der Waals surface area contributed by atoms with Crippen LogP contribution in [0.5, 0.6) is 0 Å². The lowest BCUT2D eigenvalue weighted by molar-refractivity contribution is 0.0240. The minimum absolute atomic E-state index is 0.225. The smallest absolute Gasteiger partial charge is 0.410 e. The third-order valence-corrected chi connectivity index (χ3v) is 3.86. The van der Waals surface area contributed by atoms with E-state index in [2.05, 4.69) is 41.5 Å². The average Bonchev–Trinajstić information content (AvgIpc) is 2.54. The fourth-order valence-electron chi connectivity index (χ4n) is 2.45. The average molecular weight is 346 g/mol. The van der Waals surface area contributed by atoms with Gasteiger partial charge in [-0.3, -0.25) is 0 Å². The van der Waals surface area contributed by atoms with Crippen LogP contribution in [0.1, 0.15) is 32.8 Å². The first-order chi connectivity index (χ1) is 11.4. The molecule has 0 bridgehead atoms. The second kappa shape index (κ2) is 8.34. The molecule has 1 aromatic rings. The zero-order valence-electron chi connectivity index (χ0n) is 14.7. The number of amides is 1. The standard InChI is InChI=1S/C19H26N2O2S/c1-19(2,3)23-18(22)21-13-11-20(12-14-21)17-9-7-16(8-10-17)6-4-5-15-24/h7-10,24H,5,11-15H2,1-3H3. The fourth-order valence-corrected chi connectivity index (χ4v) is 2.56. The van der Waals surface area contributed by atoms with Gasteiger partial charge in [0, 0.05) is 49.6 Å². The molecule has 2 rings (SSSR count). The first-order valence-electron chi connectivity index (χ1n) is 8.32. The van der Waals surface area contributed by atoms with E-state index >= 15 is 0 Å². The molecular weight excluding hydrogens is 320 g/mol. The van der Waals surface area contributed by atoms with Crippen molar-refractivity contribution in [3.8, 4) is 11.8 Å². The van der Waals surface area contributed by atoms with Crippen LogP contribution in [0.4, 0.5) is 10.5 Å². The minimum atomic E-state index is -0.446. The predicted molar refractivity (Wildman–Crippen MR) is 102 cm³/mol. The van der Waals surface area contributed by atoms with Gasteiger partial charge in [-0.2, -0.15) is 12.6 Å². The van der Waals surface area contributed by atoms with Crippen LogP contribution >= 0.6 is 12.6 Å². The van der Waals surface area contributed by atoms with Crippen molar-refractivity contribution in [2.24, 2.45) is 0 Å². The van der Waals surface area contributed by atoms with Gasteiger partial charge in [-0.05, 0) is 45.0 Å². The molecule has 5 heteroatoms. The summed E-state index contributed by atoms with van der Waals surface area (Å²) in [5.41, 5.74) is 1.74. The first kappa shape index (κ1) is 18.5. The maximum absolute atomic E-state index is 12.1. The zero-order valence-corrected chi connectivity index (χ0v) is 15.6. The van der Waals surface area contributed by atoms with Crippen LogP contribution in [0.15, 0.2) is 24.3 Å². The van der Waals surface area contributed by atoms with Gasteiger partial charge in [-0.25, -0.2) is 4.79 Å². The van der Waals surface area contributed by atoms with E-state index in [1.54, 1.807) is 4.90 Å². The number of rotatable bonds is 2. The van der Waals surface area contributed by atoms with Crippen molar-refractivity contribution >= 4 is 24.4 Å². The van der Waals surface area contributed by atoms with Gasteiger partial charge >= 0.3 is 6.09 Å². The number of hydrogen-bond acceptors (Lipinski definition) is 4. The number of anilines is 1. The number of carbonyl (C=O) groups excluding carboxylic acids is 1. The van der Waals surface area contributed by atoms with Crippen LogP contribution in [0.2, 0.25) is 0 Å². The SMILES string of the molecule is CC(C)(C)OC(=O)N1CCN(c2ccc(C#CCCS)cc2)CC1. The predicted octanol–water partition coefficient (Wildman–Crippen LogP) is 3.42. The lowest BCUT2D eigenvalue weighted by Gasteiger charge is -2.36. The Balaban J connectivity index is 1.88. The lowest BCUT2D eigenvalue weighted by Crippen LogP contribution is -2.50. The molecule has 24 heavy (non-hydrogen) atoms. The molecule has 0 unspecified atom stereocenters. The van der Waals surface area contributed by atoms with E-state index < -0.39 is 5.60 Å². The normalized spacial score (nSPS) is 14.8. The third kappa shape index (κ3) is 5.68. The van der Waals surface area contributed by atoms with E-state index in [9.17, 15) is 4.79 Å².